The minimum absolute atomic E-state index is 0.117. The SMILES string of the molecule is CC(=O)c1ccccc1NC(=O)C(C)Sc1nc2ccccc2c(=O)n1CCCOC(C)C. The van der Waals surface area contributed by atoms with Crippen molar-refractivity contribution in [1.29, 1.82) is 0 Å². The summed E-state index contributed by atoms with van der Waals surface area (Å²) < 4.78 is 7.23. The summed E-state index contributed by atoms with van der Waals surface area (Å²) in [5, 5.41) is 3.31. The zero-order valence-electron chi connectivity index (χ0n) is 19.3. The fourth-order valence-corrected chi connectivity index (χ4v) is 4.26. The molecule has 1 aromatic heterocycles. The summed E-state index contributed by atoms with van der Waals surface area (Å²) in [6, 6.07) is 14.1. The summed E-state index contributed by atoms with van der Waals surface area (Å²) in [6.45, 7) is 8.12. The van der Waals surface area contributed by atoms with Gasteiger partial charge in [-0.1, -0.05) is 36.0 Å². The molecule has 0 aliphatic rings. The van der Waals surface area contributed by atoms with Crippen molar-refractivity contribution in [2.75, 3.05) is 11.9 Å². The molecule has 1 amide bonds. The first-order chi connectivity index (χ1) is 15.8. The molecule has 0 bridgehead atoms. The highest BCUT2D eigenvalue weighted by molar-refractivity contribution is 8.00. The Morgan fingerprint density at radius 2 is 1.79 bits per heavy atom. The van der Waals surface area contributed by atoms with Crippen LogP contribution in [0.4, 0.5) is 5.69 Å². The van der Waals surface area contributed by atoms with E-state index in [9.17, 15) is 14.4 Å². The van der Waals surface area contributed by atoms with E-state index in [1.807, 2.05) is 26.0 Å². The van der Waals surface area contributed by atoms with Crippen molar-refractivity contribution < 1.29 is 14.3 Å². The van der Waals surface area contributed by atoms with Crippen molar-refractivity contribution in [1.82, 2.24) is 9.55 Å². The molecule has 33 heavy (non-hydrogen) atoms. The minimum Gasteiger partial charge on any atom is -0.379 e. The van der Waals surface area contributed by atoms with Gasteiger partial charge in [0.25, 0.3) is 5.56 Å². The highest BCUT2D eigenvalue weighted by atomic mass is 32.2. The summed E-state index contributed by atoms with van der Waals surface area (Å²) in [5.41, 5.74) is 1.38. The lowest BCUT2D eigenvalue weighted by Gasteiger charge is -2.17. The first-order valence-electron chi connectivity index (χ1n) is 11.0. The Kier molecular flexibility index (Phi) is 8.41. The van der Waals surface area contributed by atoms with Crippen molar-refractivity contribution in [3.8, 4) is 0 Å². The lowest BCUT2D eigenvalue weighted by atomic mass is 10.1. The number of carbonyl (C=O) groups is 2. The number of nitrogens with one attached hydrogen (secondary N) is 1. The minimum atomic E-state index is -0.545. The van der Waals surface area contributed by atoms with Crippen LogP contribution in [0.15, 0.2) is 58.5 Å². The maximum atomic E-state index is 13.2. The van der Waals surface area contributed by atoms with Crippen molar-refractivity contribution >= 4 is 40.0 Å². The van der Waals surface area contributed by atoms with Gasteiger partial charge in [0.2, 0.25) is 5.91 Å². The van der Waals surface area contributed by atoms with Gasteiger partial charge in [0.15, 0.2) is 10.9 Å². The molecule has 3 rings (SSSR count). The molecular formula is C25H29N3O4S. The van der Waals surface area contributed by atoms with Crippen LogP contribution >= 0.6 is 11.8 Å². The Labute approximate surface area is 197 Å². The molecule has 7 nitrogen and oxygen atoms in total. The van der Waals surface area contributed by atoms with Crippen LogP contribution in [0.2, 0.25) is 0 Å². The van der Waals surface area contributed by atoms with E-state index in [-0.39, 0.29) is 23.4 Å². The Hall–Kier alpha value is -2.97. The molecule has 174 valence electrons. The molecule has 0 aliphatic heterocycles. The Balaban J connectivity index is 1.84. The van der Waals surface area contributed by atoms with Crippen LogP contribution in [0.5, 0.6) is 0 Å². The second-order valence-electron chi connectivity index (χ2n) is 7.99. The molecular weight excluding hydrogens is 438 g/mol. The van der Waals surface area contributed by atoms with Crippen LogP contribution < -0.4 is 10.9 Å². The number of anilines is 1. The zero-order chi connectivity index (χ0) is 24.0. The van der Waals surface area contributed by atoms with Crippen LogP contribution in [0.25, 0.3) is 10.9 Å². The molecule has 8 heteroatoms. The van der Waals surface area contributed by atoms with E-state index in [4.69, 9.17) is 4.74 Å². The number of Topliss-reactive ketones (excluding diaryl/α,β-unsaturated/α-hetero) is 1. The number of ether oxygens (including phenoxy) is 1. The molecule has 1 N–H and O–H groups in total. The number of hydrogen-bond acceptors (Lipinski definition) is 6. The summed E-state index contributed by atoms with van der Waals surface area (Å²) in [4.78, 5) is 42.6. The second-order valence-corrected chi connectivity index (χ2v) is 9.30. The molecule has 0 fully saturated rings. The number of aromatic nitrogens is 2. The maximum absolute atomic E-state index is 13.2. The molecule has 0 saturated carbocycles. The van der Waals surface area contributed by atoms with E-state index < -0.39 is 5.25 Å². The van der Waals surface area contributed by atoms with E-state index in [0.29, 0.717) is 46.9 Å². The number of amides is 1. The Morgan fingerprint density at radius 3 is 2.52 bits per heavy atom. The number of thioether (sulfide) groups is 1. The van der Waals surface area contributed by atoms with Crippen molar-refractivity contribution in [2.24, 2.45) is 0 Å². The number of nitrogens with zero attached hydrogens (tertiary/aromatic N) is 2. The lowest BCUT2D eigenvalue weighted by Crippen LogP contribution is -2.28. The van der Waals surface area contributed by atoms with Crippen molar-refractivity contribution in [3.63, 3.8) is 0 Å². The van der Waals surface area contributed by atoms with Gasteiger partial charge in [0.1, 0.15) is 0 Å². The van der Waals surface area contributed by atoms with Gasteiger partial charge in [-0.3, -0.25) is 19.0 Å². The third-order valence-electron chi connectivity index (χ3n) is 5.02. The average Bonchev–Trinajstić information content (AvgIpc) is 2.78. The predicted molar refractivity (Wildman–Crippen MR) is 132 cm³/mol. The summed E-state index contributed by atoms with van der Waals surface area (Å²) in [6.07, 6.45) is 0.769. The summed E-state index contributed by atoms with van der Waals surface area (Å²) in [7, 11) is 0. The number of rotatable bonds is 10. The van der Waals surface area contributed by atoms with E-state index >= 15 is 0 Å². The smallest absolute Gasteiger partial charge is 0.262 e. The third kappa shape index (κ3) is 6.30. The molecule has 1 heterocycles. The van der Waals surface area contributed by atoms with Gasteiger partial charge < -0.3 is 10.1 Å². The molecule has 0 spiro atoms. The highest BCUT2D eigenvalue weighted by Gasteiger charge is 2.21. The number of benzene rings is 2. The second kappa shape index (κ2) is 11.2. The van der Waals surface area contributed by atoms with Crippen LogP contribution in [0.1, 0.15) is 44.5 Å². The van der Waals surface area contributed by atoms with E-state index in [1.165, 1.54) is 18.7 Å². The third-order valence-corrected chi connectivity index (χ3v) is 6.11. The van der Waals surface area contributed by atoms with Gasteiger partial charge in [0, 0.05) is 18.7 Å². The first-order valence-corrected chi connectivity index (χ1v) is 11.8. The number of carbonyl (C=O) groups excluding carboxylic acids is 2. The molecule has 3 aromatic rings. The van der Waals surface area contributed by atoms with Crippen LogP contribution in [0.3, 0.4) is 0 Å². The molecule has 0 aliphatic carbocycles. The Morgan fingerprint density at radius 1 is 1.09 bits per heavy atom. The number of ketones is 1. The normalized spacial score (nSPS) is 12.2. The number of hydrogen-bond donors (Lipinski definition) is 1. The van der Waals surface area contributed by atoms with Crippen molar-refractivity contribution in [3.05, 3.63) is 64.4 Å². The van der Waals surface area contributed by atoms with E-state index in [0.717, 1.165) is 0 Å². The maximum Gasteiger partial charge on any atom is 0.262 e. The van der Waals surface area contributed by atoms with Gasteiger partial charge in [-0.05, 0) is 58.4 Å². The number of para-hydroxylation sites is 2. The average molecular weight is 468 g/mol. The summed E-state index contributed by atoms with van der Waals surface area (Å²) in [5.74, 6) is -0.398. The molecule has 1 unspecified atom stereocenters. The van der Waals surface area contributed by atoms with E-state index in [1.54, 1.807) is 47.9 Å². The molecule has 2 aromatic carbocycles. The van der Waals surface area contributed by atoms with Crippen LogP contribution in [0, 0.1) is 0 Å². The standard InChI is InChI=1S/C25H29N3O4S/c1-16(2)32-15-9-14-28-24(31)20-11-6-8-13-22(20)27-25(28)33-18(4)23(30)26-21-12-7-5-10-19(21)17(3)29/h5-8,10-13,16,18H,9,14-15H2,1-4H3,(H,26,30). The van der Waals surface area contributed by atoms with Gasteiger partial charge in [-0.25, -0.2) is 4.98 Å². The fraction of sp³-hybridized carbons (Fsp3) is 0.360. The topological polar surface area (TPSA) is 90.3 Å². The van der Waals surface area contributed by atoms with E-state index in [2.05, 4.69) is 10.3 Å². The Bertz CT molecular complexity index is 1210. The van der Waals surface area contributed by atoms with Crippen LogP contribution in [-0.4, -0.2) is 39.2 Å². The van der Waals surface area contributed by atoms with Crippen LogP contribution in [-0.2, 0) is 16.1 Å². The first kappa shape index (κ1) is 24.7. The van der Waals surface area contributed by atoms with Gasteiger partial charge in [-0.15, -0.1) is 0 Å². The fourth-order valence-electron chi connectivity index (χ4n) is 3.32. The molecule has 0 saturated heterocycles. The largest absolute Gasteiger partial charge is 0.379 e. The van der Waals surface area contributed by atoms with Gasteiger partial charge in [-0.2, -0.15) is 0 Å². The number of fused-ring (bicyclic) bond motifs is 1. The quantitative estimate of drug-likeness (QED) is 0.204. The van der Waals surface area contributed by atoms with Gasteiger partial charge in [0.05, 0.1) is 27.9 Å². The molecule has 0 radical (unpaired) electrons. The van der Waals surface area contributed by atoms with Crippen molar-refractivity contribution in [2.45, 2.75) is 57.2 Å². The highest BCUT2D eigenvalue weighted by Crippen LogP contribution is 2.25. The summed E-state index contributed by atoms with van der Waals surface area (Å²) >= 11 is 1.22. The predicted octanol–water partition coefficient (Wildman–Crippen LogP) is 4.53. The zero-order valence-corrected chi connectivity index (χ0v) is 20.1. The monoisotopic (exact) mass is 467 g/mol. The lowest BCUT2D eigenvalue weighted by molar-refractivity contribution is -0.115. The van der Waals surface area contributed by atoms with Gasteiger partial charge >= 0.3 is 0 Å². The molecule has 1 atom stereocenters.